The fourth-order valence-electron chi connectivity index (χ4n) is 2.02. The molecule has 0 fully saturated rings. The highest BCUT2D eigenvalue weighted by Crippen LogP contribution is 2.27. The van der Waals surface area contributed by atoms with Gasteiger partial charge in [-0.3, -0.25) is 0 Å². The van der Waals surface area contributed by atoms with Crippen molar-refractivity contribution < 1.29 is 5.11 Å². The van der Waals surface area contributed by atoms with Gasteiger partial charge in [0, 0.05) is 23.8 Å². The normalized spacial score (nSPS) is 12.2. The van der Waals surface area contributed by atoms with E-state index in [9.17, 15) is 5.11 Å². The van der Waals surface area contributed by atoms with Crippen molar-refractivity contribution in [3.05, 3.63) is 58.7 Å². The number of nitrogens with zero attached hydrogens (tertiary/aromatic N) is 2. The molecule has 1 atom stereocenters. The van der Waals surface area contributed by atoms with E-state index in [1.807, 2.05) is 43.4 Å². The number of hydrogen-bond acceptors (Lipinski definition) is 3. The lowest BCUT2D eigenvalue weighted by Gasteiger charge is -2.27. The highest BCUT2D eigenvalue weighted by molar-refractivity contribution is 6.30. The third kappa shape index (κ3) is 3.06. The van der Waals surface area contributed by atoms with Crippen LogP contribution in [0.15, 0.2) is 42.6 Å². The molecule has 0 radical (unpaired) electrons. The molecule has 19 heavy (non-hydrogen) atoms. The van der Waals surface area contributed by atoms with Gasteiger partial charge < -0.3 is 10.0 Å². The number of hydrogen-bond donors (Lipinski definition) is 1. The molecule has 0 aliphatic heterocycles. The monoisotopic (exact) mass is 276 g/mol. The molecule has 100 valence electrons. The molecule has 2 aromatic rings. The SMILES string of the molecule is CC(c1ccc(Cl)cc1)N(C)c1ncccc1CO. The van der Waals surface area contributed by atoms with E-state index in [1.165, 1.54) is 0 Å². The summed E-state index contributed by atoms with van der Waals surface area (Å²) in [4.78, 5) is 6.40. The number of halogens is 1. The third-order valence-corrected chi connectivity index (χ3v) is 3.56. The van der Waals surface area contributed by atoms with Crippen LogP contribution in [0.1, 0.15) is 24.1 Å². The molecule has 0 aliphatic rings. The Bertz CT molecular complexity index is 542. The van der Waals surface area contributed by atoms with Crippen molar-refractivity contribution in [1.82, 2.24) is 4.98 Å². The summed E-state index contributed by atoms with van der Waals surface area (Å²) in [7, 11) is 1.97. The number of aromatic nitrogens is 1. The first-order valence-corrected chi connectivity index (χ1v) is 6.54. The zero-order chi connectivity index (χ0) is 13.8. The molecule has 0 saturated carbocycles. The first kappa shape index (κ1) is 13.8. The Morgan fingerprint density at radius 3 is 2.58 bits per heavy atom. The Morgan fingerprint density at radius 2 is 1.95 bits per heavy atom. The van der Waals surface area contributed by atoms with Gasteiger partial charge in [0.15, 0.2) is 0 Å². The lowest BCUT2D eigenvalue weighted by Crippen LogP contribution is -2.23. The maximum atomic E-state index is 9.37. The molecule has 4 heteroatoms. The minimum Gasteiger partial charge on any atom is -0.392 e. The second-order valence-electron chi connectivity index (χ2n) is 4.48. The van der Waals surface area contributed by atoms with E-state index in [2.05, 4.69) is 16.8 Å². The van der Waals surface area contributed by atoms with Crippen LogP contribution < -0.4 is 4.90 Å². The predicted octanol–water partition coefficient (Wildman–Crippen LogP) is 3.42. The fourth-order valence-corrected chi connectivity index (χ4v) is 2.15. The standard InChI is InChI=1S/C15H17ClN2O/c1-11(12-5-7-14(16)8-6-12)18(2)15-13(10-19)4-3-9-17-15/h3-9,11,19H,10H2,1-2H3. The van der Waals surface area contributed by atoms with Gasteiger partial charge in [0.25, 0.3) is 0 Å². The minimum absolute atomic E-state index is 0.0130. The lowest BCUT2D eigenvalue weighted by molar-refractivity contribution is 0.281. The van der Waals surface area contributed by atoms with Gasteiger partial charge in [-0.1, -0.05) is 29.8 Å². The van der Waals surface area contributed by atoms with Crippen LogP contribution in [0.3, 0.4) is 0 Å². The van der Waals surface area contributed by atoms with Crippen LogP contribution in [0.2, 0.25) is 5.02 Å². The molecule has 3 nitrogen and oxygen atoms in total. The summed E-state index contributed by atoms with van der Waals surface area (Å²) >= 11 is 5.90. The van der Waals surface area contributed by atoms with Gasteiger partial charge >= 0.3 is 0 Å². The fraction of sp³-hybridized carbons (Fsp3) is 0.267. The summed E-state index contributed by atoms with van der Waals surface area (Å²) < 4.78 is 0. The number of aliphatic hydroxyl groups excluding tert-OH is 1. The Hall–Kier alpha value is -1.58. The molecule has 0 aliphatic carbocycles. The average Bonchev–Trinajstić information content (AvgIpc) is 2.46. The molecule has 1 N–H and O–H groups in total. The number of pyridine rings is 1. The van der Waals surface area contributed by atoms with Crippen LogP contribution in [-0.2, 0) is 6.61 Å². The van der Waals surface area contributed by atoms with E-state index >= 15 is 0 Å². The first-order chi connectivity index (χ1) is 9.13. The second-order valence-corrected chi connectivity index (χ2v) is 4.92. The van der Waals surface area contributed by atoms with Gasteiger partial charge in [-0.15, -0.1) is 0 Å². The van der Waals surface area contributed by atoms with Gasteiger partial charge in [-0.2, -0.15) is 0 Å². The molecular weight excluding hydrogens is 260 g/mol. The minimum atomic E-state index is -0.0130. The number of anilines is 1. The van der Waals surface area contributed by atoms with Crippen molar-refractivity contribution in [3.63, 3.8) is 0 Å². The van der Waals surface area contributed by atoms with Crippen LogP contribution in [0, 0.1) is 0 Å². The molecule has 0 saturated heterocycles. The van der Waals surface area contributed by atoms with Crippen LogP contribution in [-0.4, -0.2) is 17.1 Å². The zero-order valence-corrected chi connectivity index (χ0v) is 11.8. The largest absolute Gasteiger partial charge is 0.392 e. The predicted molar refractivity (Wildman–Crippen MR) is 78.4 cm³/mol. The maximum absolute atomic E-state index is 9.37. The van der Waals surface area contributed by atoms with Crippen LogP contribution in [0.4, 0.5) is 5.82 Å². The van der Waals surface area contributed by atoms with Crippen molar-refractivity contribution in [3.8, 4) is 0 Å². The molecule has 1 unspecified atom stereocenters. The van der Waals surface area contributed by atoms with Gasteiger partial charge in [0.2, 0.25) is 0 Å². The van der Waals surface area contributed by atoms with Crippen molar-refractivity contribution >= 4 is 17.4 Å². The Morgan fingerprint density at radius 1 is 1.26 bits per heavy atom. The van der Waals surface area contributed by atoms with Gasteiger partial charge in [-0.05, 0) is 30.7 Å². The van der Waals surface area contributed by atoms with Crippen LogP contribution in [0.25, 0.3) is 0 Å². The van der Waals surface area contributed by atoms with Crippen LogP contribution >= 0.6 is 11.6 Å². The van der Waals surface area contributed by atoms with E-state index in [0.29, 0.717) is 0 Å². The Balaban J connectivity index is 2.28. The summed E-state index contributed by atoms with van der Waals surface area (Å²) in [5.41, 5.74) is 1.98. The van der Waals surface area contributed by atoms with Gasteiger partial charge in [0.05, 0.1) is 12.6 Å². The van der Waals surface area contributed by atoms with Crippen molar-refractivity contribution in [2.24, 2.45) is 0 Å². The van der Waals surface area contributed by atoms with E-state index in [-0.39, 0.29) is 12.6 Å². The first-order valence-electron chi connectivity index (χ1n) is 6.16. The number of aliphatic hydroxyl groups is 1. The van der Waals surface area contributed by atoms with Gasteiger partial charge in [-0.25, -0.2) is 4.98 Å². The lowest BCUT2D eigenvalue weighted by atomic mass is 10.1. The molecule has 0 bridgehead atoms. The second kappa shape index (κ2) is 6.04. The van der Waals surface area contributed by atoms with Crippen LogP contribution in [0.5, 0.6) is 0 Å². The summed E-state index contributed by atoms with van der Waals surface area (Å²) in [5.74, 6) is 0.799. The topological polar surface area (TPSA) is 36.4 Å². The summed E-state index contributed by atoms with van der Waals surface area (Å²) in [6.07, 6.45) is 1.74. The summed E-state index contributed by atoms with van der Waals surface area (Å²) in [6, 6.07) is 11.6. The van der Waals surface area contributed by atoms with Gasteiger partial charge in [0.1, 0.15) is 5.82 Å². The molecule has 1 aromatic carbocycles. The molecule has 1 aromatic heterocycles. The zero-order valence-electron chi connectivity index (χ0n) is 11.0. The smallest absolute Gasteiger partial charge is 0.134 e. The highest BCUT2D eigenvalue weighted by Gasteiger charge is 2.15. The van der Waals surface area contributed by atoms with Crippen molar-refractivity contribution in [2.45, 2.75) is 19.6 Å². The quantitative estimate of drug-likeness (QED) is 0.929. The third-order valence-electron chi connectivity index (χ3n) is 3.31. The molecule has 1 heterocycles. The maximum Gasteiger partial charge on any atom is 0.134 e. The average molecular weight is 277 g/mol. The van der Waals surface area contributed by atoms with Crippen molar-refractivity contribution in [1.29, 1.82) is 0 Å². The van der Waals surface area contributed by atoms with E-state index in [0.717, 1.165) is 22.0 Å². The Labute approximate surface area is 118 Å². The molecule has 2 rings (SSSR count). The number of rotatable bonds is 4. The molecule has 0 amide bonds. The number of benzene rings is 1. The van der Waals surface area contributed by atoms with E-state index in [1.54, 1.807) is 6.20 Å². The summed E-state index contributed by atoms with van der Waals surface area (Å²) in [5, 5.41) is 10.1. The Kier molecular flexibility index (Phi) is 4.40. The molecular formula is C15H17ClN2O. The molecule has 0 spiro atoms. The summed E-state index contributed by atoms with van der Waals surface area (Å²) in [6.45, 7) is 2.08. The van der Waals surface area contributed by atoms with E-state index in [4.69, 9.17) is 11.6 Å². The highest BCUT2D eigenvalue weighted by atomic mass is 35.5. The van der Waals surface area contributed by atoms with E-state index < -0.39 is 0 Å². The van der Waals surface area contributed by atoms with Crippen molar-refractivity contribution in [2.75, 3.05) is 11.9 Å².